The molecule has 0 aliphatic heterocycles. The molecular weight excluding hydrogens is 328 g/mol. The van der Waals surface area contributed by atoms with Crippen molar-refractivity contribution in [3.63, 3.8) is 0 Å². The minimum absolute atomic E-state index is 0.0711. The van der Waals surface area contributed by atoms with Crippen molar-refractivity contribution in [3.05, 3.63) is 23.8 Å². The van der Waals surface area contributed by atoms with E-state index >= 15 is 0 Å². The van der Waals surface area contributed by atoms with Crippen LogP contribution in [0, 0.1) is 11.3 Å². The van der Waals surface area contributed by atoms with Crippen LogP contribution in [0.15, 0.2) is 18.2 Å². The van der Waals surface area contributed by atoms with E-state index in [0.717, 1.165) is 25.7 Å². The third-order valence-electron chi connectivity index (χ3n) is 4.47. The van der Waals surface area contributed by atoms with E-state index in [1.165, 1.54) is 0 Å². The van der Waals surface area contributed by atoms with Gasteiger partial charge in [-0.3, -0.25) is 4.79 Å². The van der Waals surface area contributed by atoms with Crippen LogP contribution in [-0.4, -0.2) is 24.2 Å². The number of ether oxygens (including phenoxy) is 2. The molecule has 0 radical (unpaired) electrons. The summed E-state index contributed by atoms with van der Waals surface area (Å²) in [6, 6.07) is 7.29. The van der Waals surface area contributed by atoms with Crippen LogP contribution in [-0.2, 0) is 9.53 Å². The highest BCUT2D eigenvalue weighted by molar-refractivity contribution is 5.98. The number of hydrogen-bond acceptors (Lipinski definition) is 4. The minimum atomic E-state index is -0.900. The largest absolute Gasteiger partial charge is 0.491 e. The first-order valence-electron chi connectivity index (χ1n) is 9.56. The summed E-state index contributed by atoms with van der Waals surface area (Å²) in [5, 5.41) is 12.3. The molecule has 0 bridgehead atoms. The Morgan fingerprint density at radius 1 is 1.31 bits per heavy atom. The summed E-state index contributed by atoms with van der Waals surface area (Å²) in [5.41, 5.74) is -0.0373. The van der Waals surface area contributed by atoms with Gasteiger partial charge in [0.25, 0.3) is 5.91 Å². The number of benzene rings is 1. The monoisotopic (exact) mass is 360 g/mol. The van der Waals surface area contributed by atoms with Gasteiger partial charge in [0.1, 0.15) is 17.4 Å². The molecule has 0 fully saturated rings. The molecule has 1 amide bonds. The van der Waals surface area contributed by atoms with Crippen molar-refractivity contribution in [3.8, 4) is 11.8 Å². The number of hydrogen-bond donors (Lipinski definition) is 1. The first-order valence-corrected chi connectivity index (χ1v) is 9.56. The number of nitrogens with one attached hydrogen (secondary N) is 1. The van der Waals surface area contributed by atoms with Crippen LogP contribution in [0.2, 0.25) is 0 Å². The normalized spacial score (nSPS) is 14.2. The van der Waals surface area contributed by atoms with E-state index in [1.54, 1.807) is 18.2 Å². The number of rotatable bonds is 11. The second-order valence-electron chi connectivity index (χ2n) is 6.73. The van der Waals surface area contributed by atoms with Gasteiger partial charge in [-0.15, -0.1) is 0 Å². The van der Waals surface area contributed by atoms with E-state index in [0.29, 0.717) is 30.0 Å². The second-order valence-corrected chi connectivity index (χ2v) is 6.73. The molecule has 2 atom stereocenters. The van der Waals surface area contributed by atoms with Crippen LogP contribution >= 0.6 is 0 Å². The molecular formula is C21H32N2O3. The topological polar surface area (TPSA) is 71.3 Å². The molecule has 1 aromatic rings. The van der Waals surface area contributed by atoms with Gasteiger partial charge in [0.05, 0.1) is 17.4 Å². The van der Waals surface area contributed by atoms with Crippen molar-refractivity contribution in [1.82, 2.24) is 0 Å². The second kappa shape index (κ2) is 10.8. The number of amides is 1. The van der Waals surface area contributed by atoms with E-state index < -0.39 is 5.60 Å². The van der Waals surface area contributed by atoms with E-state index in [4.69, 9.17) is 9.47 Å². The predicted molar refractivity (Wildman–Crippen MR) is 104 cm³/mol. The van der Waals surface area contributed by atoms with Gasteiger partial charge in [-0.2, -0.15) is 5.26 Å². The fourth-order valence-electron chi connectivity index (χ4n) is 2.65. The molecule has 26 heavy (non-hydrogen) atoms. The highest BCUT2D eigenvalue weighted by Crippen LogP contribution is 2.26. The molecule has 5 heteroatoms. The summed E-state index contributed by atoms with van der Waals surface area (Å²) in [6.45, 7) is 10.3. The van der Waals surface area contributed by atoms with Crippen molar-refractivity contribution >= 4 is 11.6 Å². The van der Waals surface area contributed by atoms with Crippen LogP contribution in [0.1, 0.15) is 72.3 Å². The number of nitrogens with zero attached hydrogens (tertiary/aromatic N) is 1. The maximum atomic E-state index is 12.8. The van der Waals surface area contributed by atoms with Crippen LogP contribution in [0.3, 0.4) is 0 Å². The predicted octanol–water partition coefficient (Wildman–Crippen LogP) is 5.05. The lowest BCUT2D eigenvalue weighted by Gasteiger charge is -2.28. The Kier molecular flexibility index (Phi) is 9.15. The van der Waals surface area contributed by atoms with Gasteiger partial charge in [-0.05, 0) is 45.7 Å². The zero-order valence-electron chi connectivity index (χ0n) is 16.7. The highest BCUT2D eigenvalue weighted by atomic mass is 16.5. The number of nitriles is 1. The van der Waals surface area contributed by atoms with Crippen LogP contribution < -0.4 is 10.1 Å². The Bertz CT molecular complexity index is 624. The third-order valence-corrected chi connectivity index (χ3v) is 4.47. The lowest BCUT2D eigenvalue weighted by atomic mass is 9.96. The highest BCUT2D eigenvalue weighted by Gasteiger charge is 2.33. The molecule has 0 unspecified atom stereocenters. The van der Waals surface area contributed by atoms with Gasteiger partial charge in [0.15, 0.2) is 0 Å². The quantitative estimate of drug-likeness (QED) is 0.561. The minimum Gasteiger partial charge on any atom is -0.491 e. The SMILES string of the molecule is CCCCC[C@](C)(OCC)C(=O)Nc1ccc(O[C@H](C)CC)cc1C#N. The first-order chi connectivity index (χ1) is 12.4. The van der Waals surface area contributed by atoms with Crippen molar-refractivity contribution in [1.29, 1.82) is 5.26 Å². The molecule has 0 heterocycles. The fourth-order valence-corrected chi connectivity index (χ4v) is 2.65. The van der Waals surface area contributed by atoms with Crippen LogP contribution in [0.25, 0.3) is 0 Å². The number of unbranched alkanes of at least 4 members (excludes halogenated alkanes) is 2. The Morgan fingerprint density at radius 2 is 2.04 bits per heavy atom. The summed E-state index contributed by atoms with van der Waals surface area (Å²) < 4.78 is 11.5. The number of carbonyl (C=O) groups is 1. The van der Waals surface area contributed by atoms with Gasteiger partial charge in [0.2, 0.25) is 0 Å². The summed E-state index contributed by atoms with van der Waals surface area (Å²) in [7, 11) is 0. The molecule has 0 spiro atoms. The Hall–Kier alpha value is -2.06. The van der Waals surface area contributed by atoms with E-state index in [9.17, 15) is 10.1 Å². The van der Waals surface area contributed by atoms with Gasteiger partial charge in [0, 0.05) is 12.7 Å². The van der Waals surface area contributed by atoms with Gasteiger partial charge in [-0.1, -0.05) is 33.1 Å². The maximum Gasteiger partial charge on any atom is 0.256 e. The molecule has 0 aromatic heterocycles. The van der Waals surface area contributed by atoms with Crippen molar-refractivity contribution in [2.75, 3.05) is 11.9 Å². The molecule has 0 saturated heterocycles. The molecule has 1 rings (SSSR count). The van der Waals surface area contributed by atoms with Crippen molar-refractivity contribution < 1.29 is 14.3 Å². The Balaban J connectivity index is 2.93. The average Bonchev–Trinajstić information content (AvgIpc) is 2.63. The Morgan fingerprint density at radius 3 is 2.62 bits per heavy atom. The zero-order chi connectivity index (χ0) is 19.6. The van der Waals surface area contributed by atoms with Crippen molar-refractivity contribution in [2.45, 2.75) is 78.4 Å². The van der Waals surface area contributed by atoms with Gasteiger partial charge < -0.3 is 14.8 Å². The third kappa shape index (κ3) is 6.34. The summed E-state index contributed by atoms with van der Waals surface area (Å²) >= 11 is 0. The van der Waals surface area contributed by atoms with E-state index in [-0.39, 0.29) is 12.0 Å². The maximum absolute atomic E-state index is 12.8. The van der Waals surface area contributed by atoms with Crippen LogP contribution in [0.4, 0.5) is 5.69 Å². The molecule has 144 valence electrons. The first kappa shape index (κ1) is 22.0. The smallest absolute Gasteiger partial charge is 0.256 e. The van der Waals surface area contributed by atoms with Gasteiger partial charge >= 0.3 is 0 Å². The van der Waals surface area contributed by atoms with Gasteiger partial charge in [-0.25, -0.2) is 0 Å². The Labute approximate surface area is 157 Å². The molecule has 0 aliphatic rings. The molecule has 1 aromatic carbocycles. The standard InChI is InChI=1S/C21H32N2O3/c1-6-9-10-13-21(5,25-8-3)20(24)23-19-12-11-18(14-17(19)15-22)26-16(4)7-2/h11-12,14,16H,6-10,13H2,1-5H3,(H,23,24)/t16-,21+/m1/s1. The number of anilines is 1. The molecule has 5 nitrogen and oxygen atoms in total. The van der Waals surface area contributed by atoms with Crippen molar-refractivity contribution in [2.24, 2.45) is 0 Å². The van der Waals surface area contributed by atoms with E-state index in [1.807, 2.05) is 27.7 Å². The lowest BCUT2D eigenvalue weighted by molar-refractivity contribution is -0.139. The molecule has 1 N–H and O–H groups in total. The summed E-state index contributed by atoms with van der Waals surface area (Å²) in [4.78, 5) is 12.8. The van der Waals surface area contributed by atoms with Crippen LogP contribution in [0.5, 0.6) is 5.75 Å². The average molecular weight is 360 g/mol. The summed E-state index contributed by atoms with van der Waals surface area (Å²) in [5.74, 6) is 0.409. The summed E-state index contributed by atoms with van der Waals surface area (Å²) in [6.07, 6.45) is 4.67. The van der Waals surface area contributed by atoms with E-state index in [2.05, 4.69) is 18.3 Å². The molecule has 0 saturated carbocycles. The fraction of sp³-hybridized carbons (Fsp3) is 0.619. The number of carbonyl (C=O) groups excluding carboxylic acids is 1. The molecule has 0 aliphatic carbocycles. The zero-order valence-corrected chi connectivity index (χ0v) is 16.7. The lowest BCUT2D eigenvalue weighted by Crippen LogP contribution is -2.43.